The summed E-state index contributed by atoms with van der Waals surface area (Å²) < 4.78 is 5.28. The molecule has 0 fully saturated rings. The van der Waals surface area contributed by atoms with Crippen LogP contribution >= 0.6 is 0 Å². The molecule has 2 rings (SSSR count). The van der Waals surface area contributed by atoms with Crippen LogP contribution < -0.4 is 0 Å². The number of carboxylic acids is 1. The van der Waals surface area contributed by atoms with Crippen molar-refractivity contribution in [2.75, 3.05) is 0 Å². The van der Waals surface area contributed by atoms with Crippen molar-refractivity contribution < 1.29 is 14.3 Å². The summed E-state index contributed by atoms with van der Waals surface area (Å²) in [5, 5.41) is 8.81. The van der Waals surface area contributed by atoms with Gasteiger partial charge in [-0.3, -0.25) is 0 Å². The number of carbonyl (C=O) groups is 1. The van der Waals surface area contributed by atoms with Crippen LogP contribution in [0.1, 0.15) is 10.4 Å². The molecular formula is C11H9NO3. The Balaban J connectivity index is 2.72. The molecule has 4 heteroatoms. The lowest BCUT2D eigenvalue weighted by molar-refractivity contribution is 0.0697. The molecule has 0 saturated heterocycles. The Morgan fingerprint density at radius 3 is 3.00 bits per heavy atom. The summed E-state index contributed by atoms with van der Waals surface area (Å²) in [5.74, 6) is -0.957. The van der Waals surface area contributed by atoms with E-state index in [1.165, 1.54) is 18.4 Å². The number of carboxylic acid groups (broad SMARTS) is 1. The monoisotopic (exact) mass is 203 g/mol. The van der Waals surface area contributed by atoms with Crippen molar-refractivity contribution in [3.63, 3.8) is 0 Å². The van der Waals surface area contributed by atoms with Crippen molar-refractivity contribution >= 4 is 17.1 Å². The third-order valence-electron chi connectivity index (χ3n) is 1.95. The zero-order valence-corrected chi connectivity index (χ0v) is 7.81. The number of hydrogen-bond acceptors (Lipinski definition) is 2. The first-order valence-corrected chi connectivity index (χ1v) is 4.39. The van der Waals surface area contributed by atoms with Gasteiger partial charge in [0.1, 0.15) is 5.58 Å². The Labute approximate surface area is 85.5 Å². The molecule has 0 atom stereocenters. The van der Waals surface area contributed by atoms with Gasteiger partial charge in [-0.25, -0.2) is 4.79 Å². The maximum absolute atomic E-state index is 10.7. The van der Waals surface area contributed by atoms with Gasteiger partial charge in [0, 0.05) is 6.20 Å². The number of aromatic carboxylic acids is 1. The number of H-pyrrole nitrogens is 1. The SMILES string of the molecule is O=C(O)c1ccc2occcc[nH]c2c1. The lowest BCUT2D eigenvalue weighted by Crippen LogP contribution is -1.95. The minimum Gasteiger partial charge on any atom is -0.478 e. The van der Waals surface area contributed by atoms with Crippen LogP contribution in [-0.4, -0.2) is 16.1 Å². The highest BCUT2D eigenvalue weighted by Gasteiger charge is 2.03. The predicted octanol–water partition coefficient (Wildman–Crippen LogP) is 2.58. The standard InChI is InChI=1S/C11H9NO3/c13-11(14)8-3-4-10-9(7-8)12-5-1-2-6-15-10/h1-7,12H,(H,13,14). The zero-order chi connectivity index (χ0) is 10.7. The third kappa shape index (κ3) is 1.99. The summed E-state index contributed by atoms with van der Waals surface area (Å²) >= 11 is 0. The highest BCUT2D eigenvalue weighted by atomic mass is 16.4. The van der Waals surface area contributed by atoms with E-state index in [0.29, 0.717) is 11.1 Å². The van der Waals surface area contributed by atoms with Gasteiger partial charge in [0.2, 0.25) is 0 Å². The van der Waals surface area contributed by atoms with Gasteiger partial charge in [0.25, 0.3) is 0 Å². The molecule has 0 saturated carbocycles. The maximum atomic E-state index is 10.7. The van der Waals surface area contributed by atoms with Gasteiger partial charge in [-0.1, -0.05) is 0 Å². The van der Waals surface area contributed by atoms with E-state index < -0.39 is 5.97 Å². The van der Waals surface area contributed by atoms with Crippen LogP contribution in [0.3, 0.4) is 0 Å². The van der Waals surface area contributed by atoms with Gasteiger partial charge in [-0.2, -0.15) is 0 Å². The second-order valence-corrected chi connectivity index (χ2v) is 2.97. The molecule has 0 unspecified atom stereocenters. The van der Waals surface area contributed by atoms with Crippen LogP contribution in [-0.2, 0) is 0 Å². The van der Waals surface area contributed by atoms with E-state index in [2.05, 4.69) is 4.98 Å². The number of aromatic amines is 1. The summed E-state index contributed by atoms with van der Waals surface area (Å²) in [7, 11) is 0. The largest absolute Gasteiger partial charge is 0.478 e. The summed E-state index contributed by atoms with van der Waals surface area (Å²) in [5.41, 5.74) is 1.46. The average molecular weight is 203 g/mol. The van der Waals surface area contributed by atoms with Gasteiger partial charge >= 0.3 is 5.97 Å². The van der Waals surface area contributed by atoms with E-state index in [1.807, 2.05) is 0 Å². The summed E-state index contributed by atoms with van der Waals surface area (Å²) in [6.07, 6.45) is 3.25. The average Bonchev–Trinajstić information content (AvgIpc) is 2.18. The molecule has 1 aromatic carbocycles. The molecule has 0 aliphatic carbocycles. The highest BCUT2D eigenvalue weighted by molar-refractivity contribution is 5.91. The topological polar surface area (TPSA) is 66.2 Å². The Kier molecular flexibility index (Phi) is 2.41. The molecule has 0 radical (unpaired) electrons. The first-order valence-electron chi connectivity index (χ1n) is 4.39. The van der Waals surface area contributed by atoms with Crippen molar-refractivity contribution in [1.82, 2.24) is 4.98 Å². The van der Waals surface area contributed by atoms with Crippen LogP contribution in [0.5, 0.6) is 0 Å². The van der Waals surface area contributed by atoms with Gasteiger partial charge in [-0.15, -0.1) is 0 Å². The van der Waals surface area contributed by atoms with Crippen molar-refractivity contribution in [3.05, 3.63) is 48.4 Å². The molecule has 0 bridgehead atoms. The van der Waals surface area contributed by atoms with Gasteiger partial charge < -0.3 is 14.5 Å². The van der Waals surface area contributed by atoms with Crippen molar-refractivity contribution in [1.29, 1.82) is 0 Å². The molecule has 0 aliphatic heterocycles. The number of hydrogen-bond donors (Lipinski definition) is 2. The molecule has 1 heterocycles. The molecule has 2 aromatic rings. The van der Waals surface area contributed by atoms with Crippen molar-refractivity contribution in [2.45, 2.75) is 0 Å². The summed E-state index contributed by atoms with van der Waals surface area (Å²) in [6, 6.07) is 8.15. The highest BCUT2D eigenvalue weighted by Crippen LogP contribution is 2.11. The number of benzene rings is 1. The second-order valence-electron chi connectivity index (χ2n) is 2.97. The molecule has 0 spiro atoms. The van der Waals surface area contributed by atoms with E-state index in [9.17, 15) is 4.79 Å². The van der Waals surface area contributed by atoms with Crippen LogP contribution in [0.2, 0.25) is 0 Å². The van der Waals surface area contributed by atoms with E-state index in [4.69, 9.17) is 9.52 Å². The van der Waals surface area contributed by atoms with E-state index in [0.717, 1.165) is 0 Å². The van der Waals surface area contributed by atoms with Crippen LogP contribution in [0, 0.1) is 0 Å². The Bertz CT molecular complexity index is 537. The molecule has 0 aliphatic rings. The molecule has 1 aromatic heterocycles. The van der Waals surface area contributed by atoms with Crippen LogP contribution in [0.4, 0.5) is 0 Å². The third-order valence-corrected chi connectivity index (χ3v) is 1.95. The quantitative estimate of drug-likeness (QED) is 0.748. The number of fused-ring (bicyclic) bond motifs is 1. The first-order chi connectivity index (χ1) is 7.27. The number of aromatic nitrogens is 1. The summed E-state index contributed by atoms with van der Waals surface area (Å²) in [6.45, 7) is 0. The molecule has 0 amide bonds. The second kappa shape index (κ2) is 3.88. The number of nitrogens with one attached hydrogen (secondary N) is 1. The van der Waals surface area contributed by atoms with Crippen LogP contribution in [0.15, 0.2) is 47.2 Å². The van der Waals surface area contributed by atoms with Gasteiger partial charge in [0.05, 0.1) is 17.3 Å². The normalized spacial score (nSPS) is 9.87. The van der Waals surface area contributed by atoms with Crippen LogP contribution in [0.25, 0.3) is 11.1 Å². The smallest absolute Gasteiger partial charge is 0.335 e. The fourth-order valence-electron chi connectivity index (χ4n) is 1.23. The van der Waals surface area contributed by atoms with E-state index in [-0.39, 0.29) is 5.56 Å². The summed E-state index contributed by atoms with van der Waals surface area (Å²) in [4.78, 5) is 13.7. The van der Waals surface area contributed by atoms with Gasteiger partial charge in [0.15, 0.2) is 0 Å². The predicted molar refractivity (Wildman–Crippen MR) is 55.2 cm³/mol. The molecule has 4 nitrogen and oxygen atoms in total. The maximum Gasteiger partial charge on any atom is 0.335 e. The minimum atomic E-state index is -0.957. The molecule has 76 valence electrons. The number of rotatable bonds is 1. The lowest BCUT2D eigenvalue weighted by atomic mass is 10.2. The van der Waals surface area contributed by atoms with Crippen molar-refractivity contribution in [3.8, 4) is 0 Å². The van der Waals surface area contributed by atoms with E-state index in [1.54, 1.807) is 24.4 Å². The molecular weight excluding hydrogens is 194 g/mol. The Hall–Kier alpha value is -2.23. The molecule has 15 heavy (non-hydrogen) atoms. The van der Waals surface area contributed by atoms with Gasteiger partial charge in [-0.05, 0) is 30.3 Å². The Morgan fingerprint density at radius 1 is 1.33 bits per heavy atom. The van der Waals surface area contributed by atoms with E-state index >= 15 is 0 Å². The molecule has 2 N–H and O–H groups in total. The Morgan fingerprint density at radius 2 is 2.20 bits per heavy atom. The first kappa shape index (κ1) is 9.33. The fraction of sp³-hybridized carbons (Fsp3) is 0. The van der Waals surface area contributed by atoms with Crippen molar-refractivity contribution in [2.24, 2.45) is 0 Å². The zero-order valence-electron chi connectivity index (χ0n) is 7.81. The lowest BCUT2D eigenvalue weighted by Gasteiger charge is -1.96. The fourth-order valence-corrected chi connectivity index (χ4v) is 1.23. The minimum absolute atomic E-state index is 0.225.